The molecule has 0 saturated carbocycles. The smallest absolute Gasteiger partial charge is 0.418 e. The number of allylic oxidation sites excluding steroid dienone is 4. The SMILES string of the molecule is C1=C[CH+]CC=C1.F[B-](F)(F)F.F[B-](F)(F)F.F[B-](F)(F)F.F[B-](F)(F)F.[C]=O.[C]=O.[C]=O.[Fe+3]. The molecule has 0 N–H and O–H groups in total. The summed E-state index contributed by atoms with van der Waals surface area (Å²) >= 11 is 0. The molecule has 1 aliphatic carbocycles. The van der Waals surface area contributed by atoms with Crippen molar-refractivity contribution in [2.75, 3.05) is 0 Å². The third-order valence-electron chi connectivity index (χ3n) is 0.767. The fraction of sp³-hybridized carbons (Fsp3) is 0.111. The van der Waals surface area contributed by atoms with Crippen LogP contribution in [0.5, 0.6) is 0 Å². The normalized spacial score (nSPS) is 10.8. The van der Waals surface area contributed by atoms with Crippen molar-refractivity contribution in [1.29, 1.82) is 0 Å². The van der Waals surface area contributed by atoms with Crippen molar-refractivity contribution in [3.05, 3.63) is 30.7 Å². The Morgan fingerprint density at radius 1 is 0.485 bits per heavy atom. The van der Waals surface area contributed by atoms with Gasteiger partial charge in [-0.1, -0.05) is 0 Å². The van der Waals surface area contributed by atoms with E-state index in [2.05, 4.69) is 45.0 Å². The molecule has 24 heteroatoms. The van der Waals surface area contributed by atoms with Crippen LogP contribution in [0, 0.1) is 6.42 Å². The van der Waals surface area contributed by atoms with Crippen LogP contribution in [0.15, 0.2) is 24.3 Å². The number of halogens is 16. The van der Waals surface area contributed by atoms with Crippen LogP contribution in [0.2, 0.25) is 0 Å². The van der Waals surface area contributed by atoms with Gasteiger partial charge in [0.15, 0.2) is 0 Å². The third kappa shape index (κ3) is 1460. The van der Waals surface area contributed by atoms with Gasteiger partial charge < -0.3 is 69.1 Å². The molecular weight excluding hydrogens is 559 g/mol. The Morgan fingerprint density at radius 3 is 0.697 bits per heavy atom. The van der Waals surface area contributed by atoms with E-state index >= 15 is 0 Å². The summed E-state index contributed by atoms with van der Waals surface area (Å²) in [5, 5.41) is 0. The predicted molar refractivity (Wildman–Crippen MR) is 85.0 cm³/mol. The molecule has 0 unspecified atom stereocenters. The van der Waals surface area contributed by atoms with E-state index in [9.17, 15) is 69.1 Å². The van der Waals surface area contributed by atoms with Crippen LogP contribution in [-0.2, 0) is 31.5 Å². The van der Waals surface area contributed by atoms with Crippen molar-refractivity contribution in [2.24, 2.45) is 0 Å². The van der Waals surface area contributed by atoms with Crippen molar-refractivity contribution >= 4 is 49.4 Å². The van der Waals surface area contributed by atoms with E-state index < -0.39 is 29.0 Å². The summed E-state index contributed by atoms with van der Waals surface area (Å²) in [4.78, 5) is 22.5. The topological polar surface area (TPSA) is 51.2 Å². The van der Waals surface area contributed by atoms with Crippen LogP contribution in [0.4, 0.5) is 69.1 Å². The molecule has 0 aromatic rings. The molecular formula is C9H7B4F16FeO3. The maximum absolute atomic E-state index is 9.75. The van der Waals surface area contributed by atoms with E-state index in [1.807, 2.05) is 6.08 Å². The van der Waals surface area contributed by atoms with E-state index in [4.69, 9.17) is 14.4 Å². The summed E-state index contributed by atoms with van der Waals surface area (Å²) in [7, 11) is -24.0. The Kier molecular flexibility index (Phi) is 51.5. The molecule has 0 heterocycles. The molecule has 0 aromatic heterocycles. The molecule has 0 amide bonds. The zero-order chi connectivity index (χ0) is 28.2. The zero-order valence-corrected chi connectivity index (χ0v) is 16.1. The summed E-state index contributed by atoms with van der Waals surface area (Å²) in [5.41, 5.74) is 0. The average molecular weight is 566 g/mol. The van der Waals surface area contributed by atoms with Gasteiger partial charge in [0.05, 0.1) is 18.6 Å². The molecule has 0 aromatic carbocycles. The number of carbonyl (C=O) groups excluding carboxylic acids is 3. The molecule has 7 radical (unpaired) electrons. The van der Waals surface area contributed by atoms with Crippen molar-refractivity contribution in [3.8, 4) is 0 Å². The molecule has 3 nitrogen and oxygen atoms in total. The van der Waals surface area contributed by atoms with Gasteiger partial charge in [-0.05, 0) is 6.08 Å². The fourth-order valence-electron chi connectivity index (χ4n) is 0.457. The van der Waals surface area contributed by atoms with Gasteiger partial charge in [0.2, 0.25) is 0 Å². The molecule has 0 fully saturated rings. The minimum atomic E-state index is -6.00. The Hall–Kier alpha value is -1.98. The van der Waals surface area contributed by atoms with Gasteiger partial charge in [0.1, 0.15) is 0 Å². The van der Waals surface area contributed by atoms with Crippen LogP contribution in [-0.4, -0.2) is 49.4 Å². The van der Waals surface area contributed by atoms with Crippen LogP contribution >= 0.6 is 0 Å². The maximum Gasteiger partial charge on any atom is 3.00 e. The van der Waals surface area contributed by atoms with Gasteiger partial charge >= 0.3 is 46.1 Å². The van der Waals surface area contributed by atoms with Crippen LogP contribution in [0.3, 0.4) is 0 Å². The van der Waals surface area contributed by atoms with Crippen LogP contribution < -0.4 is 0 Å². The summed E-state index contributed by atoms with van der Waals surface area (Å²) in [6, 6.07) is 0. The Labute approximate surface area is 187 Å². The van der Waals surface area contributed by atoms with Crippen molar-refractivity contribution < 1.29 is 101 Å². The number of hydrogen-bond donors (Lipinski definition) is 0. The van der Waals surface area contributed by atoms with Gasteiger partial charge in [-0.3, -0.25) is 14.4 Å². The first kappa shape index (κ1) is 52.8. The van der Waals surface area contributed by atoms with Crippen molar-refractivity contribution in [2.45, 2.75) is 6.42 Å². The van der Waals surface area contributed by atoms with E-state index in [1.165, 1.54) is 0 Å². The first-order valence-electron chi connectivity index (χ1n) is 6.25. The average Bonchev–Trinajstić information content (AvgIpc) is 2.56. The summed E-state index contributed by atoms with van der Waals surface area (Å²) < 4.78 is 156. The molecule has 0 bridgehead atoms. The van der Waals surface area contributed by atoms with E-state index in [1.54, 1.807) is 0 Å². The molecule has 1 rings (SSSR count). The van der Waals surface area contributed by atoms with Crippen molar-refractivity contribution in [1.82, 2.24) is 0 Å². The second-order valence-corrected chi connectivity index (χ2v) is 3.26. The summed E-state index contributed by atoms with van der Waals surface area (Å²) in [6.07, 6.45) is 11.5. The van der Waals surface area contributed by atoms with Gasteiger partial charge in [-0.15, -0.1) is 0 Å². The minimum absolute atomic E-state index is 0. The largest absolute Gasteiger partial charge is 3.00 e. The second-order valence-electron chi connectivity index (χ2n) is 3.26. The van der Waals surface area contributed by atoms with Gasteiger partial charge in [-0.2, -0.15) is 0 Å². The fourth-order valence-corrected chi connectivity index (χ4v) is 0.457. The summed E-state index contributed by atoms with van der Waals surface area (Å²) in [5.74, 6) is 0. The zero-order valence-electron chi connectivity index (χ0n) is 15.0. The molecule has 0 saturated heterocycles. The van der Waals surface area contributed by atoms with E-state index in [0.29, 0.717) is 0 Å². The standard InChI is InChI=1S/C6H7.3CO.4BF4.Fe/c1-2-4-6-5-3-1;3*1-2;4*2-1(3,4)5;/h1-5H,6H2;;;;;;;;/q+1;;;;4*-1;+3. The number of hydrogen-bond acceptors (Lipinski definition) is 3. The second kappa shape index (κ2) is 32.2. The quantitative estimate of drug-likeness (QED) is 0.215. The first-order chi connectivity index (χ1) is 14.0. The molecule has 0 spiro atoms. The Bertz CT molecular complexity index is 339. The maximum atomic E-state index is 9.75. The predicted octanol–water partition coefficient (Wildman–Crippen LogP) is 5.71. The molecule has 1 aliphatic rings. The first-order valence-corrected chi connectivity index (χ1v) is 6.25. The van der Waals surface area contributed by atoms with Crippen molar-refractivity contribution in [3.63, 3.8) is 0 Å². The summed E-state index contributed by atoms with van der Waals surface area (Å²) in [6.45, 7) is 13.5. The van der Waals surface area contributed by atoms with E-state index in [0.717, 1.165) is 6.42 Å². The van der Waals surface area contributed by atoms with Gasteiger partial charge in [0.25, 0.3) is 20.4 Å². The van der Waals surface area contributed by atoms with Crippen LogP contribution in [0.25, 0.3) is 0 Å². The van der Waals surface area contributed by atoms with E-state index in [-0.39, 0.29) is 17.1 Å². The van der Waals surface area contributed by atoms with Gasteiger partial charge in [0, 0.05) is 12.5 Å². The molecule has 0 aliphatic heterocycles. The molecule has 33 heavy (non-hydrogen) atoms. The minimum Gasteiger partial charge on any atom is -0.418 e. The Balaban J connectivity index is -0.0000000371. The number of rotatable bonds is 0. The molecule has 193 valence electrons. The van der Waals surface area contributed by atoms with Gasteiger partial charge in [-0.25, -0.2) is 0 Å². The monoisotopic (exact) mass is 567 g/mol. The molecule has 0 atom stereocenters. The Morgan fingerprint density at radius 2 is 0.667 bits per heavy atom. The third-order valence-corrected chi connectivity index (χ3v) is 0.767. The van der Waals surface area contributed by atoms with Crippen LogP contribution in [0.1, 0.15) is 6.42 Å².